The van der Waals surface area contributed by atoms with E-state index in [9.17, 15) is 10.2 Å². The number of hydrogen-bond donors (Lipinski definition) is 2. The van der Waals surface area contributed by atoms with Crippen LogP contribution in [0.3, 0.4) is 0 Å². The maximum atomic E-state index is 11.2. The highest BCUT2D eigenvalue weighted by atomic mass is 16.3. The van der Waals surface area contributed by atoms with Gasteiger partial charge in [0.15, 0.2) is 0 Å². The summed E-state index contributed by atoms with van der Waals surface area (Å²) in [7, 11) is 0. The molecule has 3 fully saturated rings. The smallest absolute Gasteiger partial charge is 0.0637 e. The second-order valence-electron chi connectivity index (χ2n) is 9.51. The SMILES string of the molecule is CC1=C[C@]23C[C@H]1CC[C@H]2[C@]1(C)CCC[C@](C)(CO)[C@@H]1C[C@@H]3O. The van der Waals surface area contributed by atoms with Gasteiger partial charge in [-0.25, -0.2) is 0 Å². The second-order valence-corrected chi connectivity index (χ2v) is 9.51. The number of allylic oxidation sites excluding steroid dienone is 1. The summed E-state index contributed by atoms with van der Waals surface area (Å²) in [6.07, 6.45) is 10.6. The van der Waals surface area contributed by atoms with Crippen molar-refractivity contribution in [1.82, 2.24) is 0 Å². The first kappa shape index (κ1) is 15.2. The Hall–Kier alpha value is -0.340. The zero-order chi connectivity index (χ0) is 15.8. The van der Waals surface area contributed by atoms with Crippen molar-refractivity contribution in [2.75, 3.05) is 6.61 Å². The average Bonchev–Trinajstić information content (AvgIpc) is 2.73. The highest BCUT2D eigenvalue weighted by Gasteiger charge is 2.65. The Labute approximate surface area is 135 Å². The van der Waals surface area contributed by atoms with E-state index in [0.29, 0.717) is 17.3 Å². The number of rotatable bonds is 1. The monoisotopic (exact) mass is 304 g/mol. The van der Waals surface area contributed by atoms with Gasteiger partial charge >= 0.3 is 0 Å². The molecular formula is C20H32O2. The summed E-state index contributed by atoms with van der Waals surface area (Å²) in [5.41, 5.74) is 1.88. The molecule has 22 heavy (non-hydrogen) atoms. The zero-order valence-corrected chi connectivity index (χ0v) is 14.4. The lowest BCUT2D eigenvalue weighted by Gasteiger charge is -2.65. The lowest BCUT2D eigenvalue weighted by molar-refractivity contribution is -0.193. The van der Waals surface area contributed by atoms with Crippen LogP contribution in [0.4, 0.5) is 0 Å². The van der Waals surface area contributed by atoms with Gasteiger partial charge in [0.2, 0.25) is 0 Å². The van der Waals surface area contributed by atoms with Gasteiger partial charge in [0.05, 0.1) is 6.10 Å². The van der Waals surface area contributed by atoms with Crippen LogP contribution >= 0.6 is 0 Å². The highest BCUT2D eigenvalue weighted by Crippen LogP contribution is 2.70. The van der Waals surface area contributed by atoms with E-state index in [1.54, 1.807) is 0 Å². The molecule has 7 atom stereocenters. The Balaban J connectivity index is 1.80. The van der Waals surface area contributed by atoms with E-state index in [4.69, 9.17) is 0 Å². The molecule has 124 valence electrons. The minimum Gasteiger partial charge on any atom is -0.396 e. The number of aliphatic hydroxyl groups is 2. The largest absolute Gasteiger partial charge is 0.396 e. The van der Waals surface area contributed by atoms with E-state index in [-0.39, 0.29) is 23.5 Å². The van der Waals surface area contributed by atoms with Crippen LogP contribution in [-0.4, -0.2) is 22.9 Å². The third-order valence-corrected chi connectivity index (χ3v) is 8.53. The van der Waals surface area contributed by atoms with Crippen LogP contribution in [-0.2, 0) is 0 Å². The molecule has 0 unspecified atom stereocenters. The third kappa shape index (κ3) is 1.69. The van der Waals surface area contributed by atoms with Crippen molar-refractivity contribution in [2.24, 2.45) is 34.0 Å². The molecule has 3 saturated carbocycles. The number of fused-ring (bicyclic) bond motifs is 3. The van der Waals surface area contributed by atoms with Gasteiger partial charge in [-0.15, -0.1) is 0 Å². The Bertz CT molecular complexity index is 512. The van der Waals surface area contributed by atoms with Crippen molar-refractivity contribution < 1.29 is 10.2 Å². The summed E-state index contributed by atoms with van der Waals surface area (Å²) < 4.78 is 0. The average molecular weight is 304 g/mol. The lowest BCUT2D eigenvalue weighted by atomic mass is 9.40. The minimum absolute atomic E-state index is 0.00377. The summed E-state index contributed by atoms with van der Waals surface area (Å²) in [6.45, 7) is 7.31. The summed E-state index contributed by atoms with van der Waals surface area (Å²) >= 11 is 0. The van der Waals surface area contributed by atoms with Crippen LogP contribution in [0.25, 0.3) is 0 Å². The molecule has 0 aliphatic heterocycles. The molecule has 0 aromatic carbocycles. The minimum atomic E-state index is -0.209. The fourth-order valence-corrected chi connectivity index (χ4v) is 7.43. The van der Waals surface area contributed by atoms with Gasteiger partial charge in [0, 0.05) is 12.0 Å². The van der Waals surface area contributed by atoms with Crippen molar-refractivity contribution in [3.05, 3.63) is 11.6 Å². The van der Waals surface area contributed by atoms with Crippen molar-refractivity contribution >= 4 is 0 Å². The van der Waals surface area contributed by atoms with Gasteiger partial charge < -0.3 is 10.2 Å². The molecular weight excluding hydrogens is 272 g/mol. The maximum Gasteiger partial charge on any atom is 0.0637 e. The summed E-state index contributed by atoms with van der Waals surface area (Å²) in [5.74, 6) is 1.79. The first-order chi connectivity index (χ1) is 10.4. The van der Waals surface area contributed by atoms with E-state index in [1.807, 2.05) is 0 Å². The first-order valence-electron chi connectivity index (χ1n) is 9.34. The Morgan fingerprint density at radius 3 is 2.68 bits per heavy atom. The standard InChI is InChI=1S/C20H32O2/c1-13-10-20-11-14(13)5-6-15(20)19(3)8-4-7-18(2,12-21)16(19)9-17(20)22/h10,14-17,21-22H,4-9,11-12H2,1-3H3/t14-,15+,16+,17+,18-,19+,20+/m1/s1. The van der Waals surface area contributed by atoms with Crippen LogP contribution in [0.1, 0.15) is 65.7 Å². The van der Waals surface area contributed by atoms with E-state index >= 15 is 0 Å². The zero-order valence-electron chi connectivity index (χ0n) is 14.4. The van der Waals surface area contributed by atoms with Crippen molar-refractivity contribution in [3.8, 4) is 0 Å². The van der Waals surface area contributed by atoms with Crippen LogP contribution < -0.4 is 0 Å². The molecule has 0 amide bonds. The molecule has 0 heterocycles. The molecule has 2 N–H and O–H groups in total. The fourth-order valence-electron chi connectivity index (χ4n) is 7.43. The molecule has 4 aliphatic carbocycles. The number of hydrogen-bond acceptors (Lipinski definition) is 2. The fraction of sp³-hybridized carbons (Fsp3) is 0.900. The molecule has 4 aliphatic rings. The third-order valence-electron chi connectivity index (χ3n) is 8.53. The molecule has 2 bridgehead atoms. The van der Waals surface area contributed by atoms with Crippen LogP contribution in [0.15, 0.2) is 11.6 Å². The number of aliphatic hydroxyl groups excluding tert-OH is 2. The molecule has 0 aromatic heterocycles. The van der Waals surface area contributed by atoms with Gasteiger partial charge in [0.25, 0.3) is 0 Å². The van der Waals surface area contributed by atoms with Crippen molar-refractivity contribution in [1.29, 1.82) is 0 Å². The van der Waals surface area contributed by atoms with E-state index < -0.39 is 0 Å². The molecule has 0 saturated heterocycles. The van der Waals surface area contributed by atoms with Crippen LogP contribution in [0.5, 0.6) is 0 Å². The van der Waals surface area contributed by atoms with Gasteiger partial charge in [-0.1, -0.05) is 31.9 Å². The molecule has 4 rings (SSSR count). The normalized spacial score (nSPS) is 57.0. The Morgan fingerprint density at radius 2 is 1.95 bits per heavy atom. The Kier molecular flexibility index (Phi) is 3.18. The predicted octanol–water partition coefficient (Wildman–Crippen LogP) is 3.92. The van der Waals surface area contributed by atoms with Crippen LogP contribution in [0, 0.1) is 34.0 Å². The second kappa shape index (κ2) is 4.60. The summed E-state index contributed by atoms with van der Waals surface area (Å²) in [5, 5.41) is 21.2. The van der Waals surface area contributed by atoms with Gasteiger partial charge in [0.1, 0.15) is 0 Å². The highest BCUT2D eigenvalue weighted by molar-refractivity contribution is 5.29. The quantitative estimate of drug-likeness (QED) is 0.721. The van der Waals surface area contributed by atoms with Crippen molar-refractivity contribution in [3.63, 3.8) is 0 Å². The lowest BCUT2D eigenvalue weighted by Crippen LogP contribution is -2.61. The predicted molar refractivity (Wildman–Crippen MR) is 88.3 cm³/mol. The molecule has 2 heteroatoms. The Morgan fingerprint density at radius 1 is 1.18 bits per heavy atom. The molecule has 1 spiro atoms. The molecule has 2 nitrogen and oxygen atoms in total. The molecule has 0 radical (unpaired) electrons. The van der Waals surface area contributed by atoms with Gasteiger partial charge in [-0.05, 0) is 74.0 Å². The molecule has 0 aromatic rings. The van der Waals surface area contributed by atoms with Crippen molar-refractivity contribution in [2.45, 2.75) is 71.8 Å². The summed E-state index contributed by atoms with van der Waals surface area (Å²) in [4.78, 5) is 0. The van der Waals surface area contributed by atoms with Gasteiger partial charge in [-0.3, -0.25) is 0 Å². The summed E-state index contributed by atoms with van der Waals surface area (Å²) in [6, 6.07) is 0. The topological polar surface area (TPSA) is 40.5 Å². The maximum absolute atomic E-state index is 11.2. The van der Waals surface area contributed by atoms with Crippen LogP contribution in [0.2, 0.25) is 0 Å². The van der Waals surface area contributed by atoms with E-state index in [2.05, 4.69) is 26.8 Å². The van der Waals surface area contributed by atoms with Gasteiger partial charge in [-0.2, -0.15) is 0 Å². The first-order valence-corrected chi connectivity index (χ1v) is 9.34. The van der Waals surface area contributed by atoms with E-state index in [1.165, 1.54) is 37.7 Å². The van der Waals surface area contributed by atoms with E-state index in [0.717, 1.165) is 18.8 Å².